The fourth-order valence-electron chi connectivity index (χ4n) is 3.74. The van der Waals surface area contributed by atoms with E-state index in [9.17, 15) is 4.79 Å². The lowest BCUT2D eigenvalue weighted by Crippen LogP contribution is -2.48. The zero-order valence-electron chi connectivity index (χ0n) is 14.7. The van der Waals surface area contributed by atoms with Gasteiger partial charge in [-0.3, -0.25) is 9.88 Å². The summed E-state index contributed by atoms with van der Waals surface area (Å²) in [7, 11) is 3.51. The number of urea groups is 1. The summed E-state index contributed by atoms with van der Waals surface area (Å²) in [5.74, 6) is 0. The van der Waals surface area contributed by atoms with Crippen molar-refractivity contribution in [2.45, 2.75) is 43.9 Å². The van der Waals surface area contributed by atoms with Crippen LogP contribution in [0.3, 0.4) is 0 Å². The number of hydrogen-bond acceptors (Lipinski definition) is 4. The molecule has 1 N–H and O–H groups in total. The topological polar surface area (TPSA) is 57.7 Å². The number of likely N-dealkylation sites (tertiary alicyclic amines) is 1. The van der Waals surface area contributed by atoms with Crippen LogP contribution in [0.5, 0.6) is 0 Å². The molecule has 2 saturated heterocycles. The molecular weight excluding hydrogens is 304 g/mol. The van der Waals surface area contributed by atoms with E-state index in [0.717, 1.165) is 38.9 Å². The van der Waals surface area contributed by atoms with E-state index < -0.39 is 0 Å². The first-order valence-electron chi connectivity index (χ1n) is 8.81. The summed E-state index contributed by atoms with van der Waals surface area (Å²) in [6.45, 7) is 3.56. The van der Waals surface area contributed by atoms with Gasteiger partial charge in [0, 0.05) is 52.7 Å². The predicted molar refractivity (Wildman–Crippen MR) is 92.7 cm³/mol. The van der Waals surface area contributed by atoms with E-state index >= 15 is 0 Å². The minimum absolute atomic E-state index is 0.0338. The zero-order chi connectivity index (χ0) is 17.0. The highest BCUT2D eigenvalue weighted by molar-refractivity contribution is 5.73. The summed E-state index contributed by atoms with van der Waals surface area (Å²) in [4.78, 5) is 19.9. The first-order valence-corrected chi connectivity index (χ1v) is 8.81. The summed E-state index contributed by atoms with van der Waals surface area (Å²) in [6.07, 6.45) is 8.26. The van der Waals surface area contributed by atoms with E-state index in [-0.39, 0.29) is 17.7 Å². The normalized spacial score (nSPS) is 27.3. The largest absolute Gasteiger partial charge is 0.369 e. The van der Waals surface area contributed by atoms with Gasteiger partial charge in [-0.1, -0.05) is 6.07 Å². The second-order valence-corrected chi connectivity index (χ2v) is 7.22. The average molecular weight is 332 g/mol. The fourth-order valence-corrected chi connectivity index (χ4v) is 3.74. The van der Waals surface area contributed by atoms with Crippen molar-refractivity contribution in [3.05, 3.63) is 30.1 Å². The SMILES string of the molecule is CN(C)C(=O)NC[C@H]1CCC[C@]2(CCN(Cc3cccnc3)C2)O1. The number of nitrogens with zero attached hydrogens (tertiary/aromatic N) is 3. The predicted octanol–water partition coefficient (Wildman–Crippen LogP) is 1.87. The highest BCUT2D eigenvalue weighted by Crippen LogP contribution is 2.36. The van der Waals surface area contributed by atoms with Crippen LogP contribution in [-0.4, -0.2) is 66.2 Å². The molecule has 0 bridgehead atoms. The molecule has 2 aliphatic rings. The third kappa shape index (κ3) is 4.24. The molecule has 0 saturated carbocycles. The van der Waals surface area contributed by atoms with E-state index in [1.807, 2.05) is 18.5 Å². The van der Waals surface area contributed by atoms with Crippen LogP contribution in [0, 0.1) is 0 Å². The molecule has 0 unspecified atom stereocenters. The third-order valence-electron chi connectivity index (χ3n) is 4.99. The van der Waals surface area contributed by atoms with Gasteiger partial charge >= 0.3 is 6.03 Å². The highest BCUT2D eigenvalue weighted by Gasteiger charge is 2.42. The van der Waals surface area contributed by atoms with Crippen molar-refractivity contribution in [2.24, 2.45) is 0 Å². The third-order valence-corrected chi connectivity index (χ3v) is 4.99. The summed E-state index contributed by atoms with van der Waals surface area (Å²) in [6, 6.07) is 4.06. The molecular formula is C18H28N4O2. The number of ether oxygens (including phenoxy) is 1. The van der Waals surface area contributed by atoms with Gasteiger partial charge in [-0.2, -0.15) is 0 Å². The van der Waals surface area contributed by atoms with Crippen LogP contribution in [0.15, 0.2) is 24.5 Å². The minimum atomic E-state index is -0.0529. The Hall–Kier alpha value is -1.66. The summed E-state index contributed by atoms with van der Waals surface area (Å²) in [5.41, 5.74) is 1.22. The number of aromatic nitrogens is 1. The van der Waals surface area contributed by atoms with Crippen molar-refractivity contribution in [1.82, 2.24) is 20.1 Å². The van der Waals surface area contributed by atoms with Gasteiger partial charge in [0.25, 0.3) is 0 Å². The van der Waals surface area contributed by atoms with Crippen LogP contribution in [-0.2, 0) is 11.3 Å². The Labute approximate surface area is 144 Å². The lowest BCUT2D eigenvalue weighted by molar-refractivity contribution is -0.118. The standard InChI is InChI=1S/C18H28N4O2/c1-21(2)17(23)20-12-16-6-3-7-18(24-16)8-10-22(14-18)13-15-5-4-9-19-11-15/h4-5,9,11,16H,3,6-8,10,12-14H2,1-2H3,(H,20,23)/t16-,18-/m1/s1. The first-order chi connectivity index (χ1) is 11.6. The van der Waals surface area contributed by atoms with E-state index in [2.05, 4.69) is 21.3 Å². The molecule has 132 valence electrons. The fraction of sp³-hybridized carbons (Fsp3) is 0.667. The van der Waals surface area contributed by atoms with E-state index in [1.54, 1.807) is 19.0 Å². The molecule has 2 amide bonds. The summed E-state index contributed by atoms with van der Waals surface area (Å²) in [5, 5.41) is 2.95. The van der Waals surface area contributed by atoms with Gasteiger partial charge in [0.1, 0.15) is 0 Å². The number of nitrogens with one attached hydrogen (secondary N) is 1. The van der Waals surface area contributed by atoms with E-state index in [4.69, 9.17) is 4.74 Å². The maximum absolute atomic E-state index is 11.7. The minimum Gasteiger partial charge on any atom is -0.369 e. The average Bonchev–Trinajstić information content (AvgIpc) is 2.95. The molecule has 0 radical (unpaired) electrons. The van der Waals surface area contributed by atoms with Crippen molar-refractivity contribution in [3.63, 3.8) is 0 Å². The van der Waals surface area contributed by atoms with Crippen molar-refractivity contribution in [3.8, 4) is 0 Å². The molecule has 2 aliphatic heterocycles. The molecule has 0 aromatic carbocycles. The van der Waals surface area contributed by atoms with Gasteiger partial charge in [0.2, 0.25) is 0 Å². The number of pyridine rings is 1. The molecule has 1 spiro atoms. The lowest BCUT2D eigenvalue weighted by atomic mass is 9.90. The quantitative estimate of drug-likeness (QED) is 0.914. The van der Waals surface area contributed by atoms with E-state index in [0.29, 0.717) is 6.54 Å². The molecule has 3 rings (SSSR count). The number of hydrogen-bond donors (Lipinski definition) is 1. The molecule has 2 fully saturated rings. The van der Waals surface area contributed by atoms with Crippen molar-refractivity contribution >= 4 is 6.03 Å². The molecule has 3 heterocycles. The Morgan fingerprint density at radius 3 is 3.12 bits per heavy atom. The maximum Gasteiger partial charge on any atom is 0.316 e. The number of carbonyl (C=O) groups excluding carboxylic acids is 1. The maximum atomic E-state index is 11.7. The molecule has 1 aromatic heterocycles. The zero-order valence-corrected chi connectivity index (χ0v) is 14.7. The highest BCUT2D eigenvalue weighted by atomic mass is 16.5. The number of carbonyl (C=O) groups is 1. The Kier molecular flexibility index (Phi) is 5.36. The molecule has 1 aromatic rings. The van der Waals surface area contributed by atoms with Gasteiger partial charge in [-0.25, -0.2) is 4.79 Å². The Morgan fingerprint density at radius 1 is 1.50 bits per heavy atom. The van der Waals surface area contributed by atoms with Gasteiger partial charge in [-0.15, -0.1) is 0 Å². The van der Waals surface area contributed by atoms with Crippen LogP contribution in [0.1, 0.15) is 31.2 Å². The van der Waals surface area contributed by atoms with Gasteiger partial charge in [0.15, 0.2) is 0 Å². The van der Waals surface area contributed by atoms with Crippen LogP contribution >= 0.6 is 0 Å². The number of amides is 2. The first kappa shape index (κ1) is 17.2. The van der Waals surface area contributed by atoms with Gasteiger partial charge in [-0.05, 0) is 37.3 Å². The van der Waals surface area contributed by atoms with Crippen molar-refractivity contribution < 1.29 is 9.53 Å². The second-order valence-electron chi connectivity index (χ2n) is 7.22. The molecule has 24 heavy (non-hydrogen) atoms. The van der Waals surface area contributed by atoms with Crippen LogP contribution in [0.25, 0.3) is 0 Å². The molecule has 2 atom stereocenters. The van der Waals surface area contributed by atoms with Crippen LogP contribution in [0.4, 0.5) is 4.79 Å². The lowest BCUT2D eigenvalue weighted by Gasteiger charge is -2.39. The van der Waals surface area contributed by atoms with Crippen molar-refractivity contribution in [2.75, 3.05) is 33.7 Å². The Balaban J connectivity index is 1.51. The van der Waals surface area contributed by atoms with Crippen molar-refractivity contribution in [1.29, 1.82) is 0 Å². The molecule has 6 nitrogen and oxygen atoms in total. The number of rotatable bonds is 4. The second kappa shape index (κ2) is 7.49. The summed E-state index contributed by atoms with van der Waals surface area (Å²) < 4.78 is 6.44. The monoisotopic (exact) mass is 332 g/mol. The smallest absolute Gasteiger partial charge is 0.316 e. The van der Waals surface area contributed by atoms with E-state index in [1.165, 1.54) is 12.0 Å². The van der Waals surface area contributed by atoms with Gasteiger partial charge < -0.3 is 15.0 Å². The molecule has 6 heteroatoms. The molecule has 0 aliphatic carbocycles. The van der Waals surface area contributed by atoms with Crippen LogP contribution in [0.2, 0.25) is 0 Å². The van der Waals surface area contributed by atoms with Gasteiger partial charge in [0.05, 0.1) is 11.7 Å². The Bertz CT molecular complexity index is 551. The summed E-state index contributed by atoms with van der Waals surface area (Å²) >= 11 is 0. The van der Waals surface area contributed by atoms with Crippen LogP contribution < -0.4 is 5.32 Å². The Morgan fingerprint density at radius 2 is 2.38 bits per heavy atom.